The fourth-order valence-corrected chi connectivity index (χ4v) is 2.71. The van der Waals surface area contributed by atoms with Crippen molar-refractivity contribution in [3.8, 4) is 0 Å². The van der Waals surface area contributed by atoms with Gasteiger partial charge in [-0.1, -0.05) is 13.3 Å². The molecule has 0 heterocycles. The van der Waals surface area contributed by atoms with Gasteiger partial charge in [0, 0.05) is 13.2 Å². The van der Waals surface area contributed by atoms with Crippen molar-refractivity contribution in [3.63, 3.8) is 0 Å². The predicted octanol–water partition coefficient (Wildman–Crippen LogP) is 0.832. The largest absolute Gasteiger partial charge is 0.481 e. The average molecular weight is 281 g/mol. The van der Waals surface area contributed by atoms with Crippen LogP contribution in [0.5, 0.6) is 0 Å². The summed E-state index contributed by atoms with van der Waals surface area (Å²) in [6, 6.07) is -0.187. The molecule has 2 N–H and O–H groups in total. The Hall–Kier alpha value is -0.660. The number of carbonyl (C=O) groups is 1. The maximum absolute atomic E-state index is 11.5. The van der Waals surface area contributed by atoms with Gasteiger partial charge in [0.2, 0.25) is 10.0 Å². The van der Waals surface area contributed by atoms with E-state index < -0.39 is 16.0 Å². The number of methoxy groups -OCH3 is 1. The first-order chi connectivity index (χ1) is 8.28. The van der Waals surface area contributed by atoms with Crippen molar-refractivity contribution < 1.29 is 23.1 Å². The molecule has 0 aliphatic heterocycles. The van der Waals surface area contributed by atoms with Crippen molar-refractivity contribution in [3.05, 3.63) is 0 Å². The molecule has 0 rings (SSSR count). The Morgan fingerprint density at radius 3 is 2.44 bits per heavy atom. The molecule has 7 heteroatoms. The highest BCUT2D eigenvalue weighted by atomic mass is 32.2. The van der Waals surface area contributed by atoms with Gasteiger partial charge in [0.1, 0.15) is 0 Å². The third-order valence-electron chi connectivity index (χ3n) is 2.63. The van der Waals surface area contributed by atoms with Crippen LogP contribution in [0, 0.1) is 5.92 Å². The topological polar surface area (TPSA) is 92.7 Å². The molecular formula is C11H23NO5S. The molecule has 0 amide bonds. The molecule has 0 aromatic rings. The zero-order valence-corrected chi connectivity index (χ0v) is 12.0. The van der Waals surface area contributed by atoms with Crippen molar-refractivity contribution in [2.75, 3.05) is 19.5 Å². The van der Waals surface area contributed by atoms with E-state index in [2.05, 4.69) is 4.72 Å². The normalized spacial score (nSPS) is 15.3. The molecule has 0 aliphatic rings. The van der Waals surface area contributed by atoms with Crippen LogP contribution in [0.2, 0.25) is 0 Å². The van der Waals surface area contributed by atoms with Crippen molar-refractivity contribution >= 4 is 16.0 Å². The summed E-state index contributed by atoms with van der Waals surface area (Å²) in [6.45, 7) is 3.59. The number of nitrogens with one attached hydrogen (secondary N) is 1. The minimum absolute atomic E-state index is 0.0562. The lowest BCUT2D eigenvalue weighted by molar-refractivity contribution is -0.141. The maximum atomic E-state index is 11.5. The molecular weight excluding hydrogens is 258 g/mol. The van der Waals surface area contributed by atoms with E-state index in [1.807, 2.05) is 0 Å². The number of rotatable bonds is 10. The number of carboxylic acid groups (broad SMARTS) is 1. The van der Waals surface area contributed by atoms with Gasteiger partial charge in [-0.15, -0.1) is 0 Å². The lowest BCUT2D eigenvalue weighted by Crippen LogP contribution is -2.35. The highest BCUT2D eigenvalue weighted by molar-refractivity contribution is 7.89. The smallest absolute Gasteiger partial charge is 0.306 e. The number of ether oxygens (including phenoxy) is 1. The summed E-state index contributed by atoms with van der Waals surface area (Å²) < 4.78 is 30.3. The highest BCUT2D eigenvalue weighted by Crippen LogP contribution is 2.10. The van der Waals surface area contributed by atoms with Crippen LogP contribution < -0.4 is 4.72 Å². The van der Waals surface area contributed by atoms with Gasteiger partial charge < -0.3 is 9.84 Å². The first-order valence-corrected chi connectivity index (χ1v) is 7.65. The second-order valence-electron chi connectivity index (χ2n) is 4.50. The Kier molecular flexibility index (Phi) is 8.13. The summed E-state index contributed by atoms with van der Waals surface area (Å²) in [5.41, 5.74) is 0. The minimum Gasteiger partial charge on any atom is -0.481 e. The van der Waals surface area contributed by atoms with Gasteiger partial charge in [-0.05, 0) is 19.8 Å². The lowest BCUT2D eigenvalue weighted by atomic mass is 10.0. The molecule has 0 saturated carbocycles. The fraction of sp³-hybridized carbons (Fsp3) is 0.909. The van der Waals surface area contributed by atoms with Crippen LogP contribution in [0.15, 0.2) is 0 Å². The molecule has 0 aromatic carbocycles. The predicted molar refractivity (Wildman–Crippen MR) is 68.9 cm³/mol. The molecule has 6 nitrogen and oxygen atoms in total. The van der Waals surface area contributed by atoms with E-state index in [-0.39, 0.29) is 24.3 Å². The van der Waals surface area contributed by atoms with E-state index in [0.29, 0.717) is 19.3 Å². The number of aliphatic carboxylic acids is 1. The second-order valence-corrected chi connectivity index (χ2v) is 6.37. The van der Waals surface area contributed by atoms with Gasteiger partial charge in [0.05, 0.1) is 18.3 Å². The minimum atomic E-state index is -3.30. The molecule has 0 aromatic heterocycles. The third kappa shape index (κ3) is 8.43. The zero-order valence-electron chi connectivity index (χ0n) is 11.2. The second kappa shape index (κ2) is 8.44. The molecule has 0 spiro atoms. The first-order valence-electron chi connectivity index (χ1n) is 6.00. The van der Waals surface area contributed by atoms with Gasteiger partial charge in [-0.25, -0.2) is 13.1 Å². The molecule has 0 radical (unpaired) electrons. The van der Waals surface area contributed by atoms with Crippen LogP contribution in [0.25, 0.3) is 0 Å². The van der Waals surface area contributed by atoms with E-state index in [0.717, 1.165) is 0 Å². The van der Waals surface area contributed by atoms with E-state index in [1.165, 1.54) is 7.11 Å². The summed E-state index contributed by atoms with van der Waals surface area (Å²) >= 11 is 0. The number of hydrogen-bond donors (Lipinski definition) is 2. The molecule has 18 heavy (non-hydrogen) atoms. The average Bonchev–Trinajstić information content (AvgIpc) is 2.25. The van der Waals surface area contributed by atoms with Gasteiger partial charge in [-0.2, -0.15) is 0 Å². The van der Waals surface area contributed by atoms with Gasteiger partial charge in [-0.3, -0.25) is 4.79 Å². The Morgan fingerprint density at radius 2 is 1.94 bits per heavy atom. The SMILES string of the molecule is COCCS(=O)(=O)NC(C)CCCC(C)C(=O)O. The number of hydrogen-bond acceptors (Lipinski definition) is 4. The molecule has 0 fully saturated rings. The lowest BCUT2D eigenvalue weighted by Gasteiger charge is -2.14. The molecule has 2 unspecified atom stereocenters. The summed E-state index contributed by atoms with van der Waals surface area (Å²) in [6.07, 6.45) is 1.87. The van der Waals surface area contributed by atoms with Crippen LogP contribution in [-0.4, -0.2) is 45.0 Å². The summed E-state index contributed by atoms with van der Waals surface area (Å²) in [4.78, 5) is 10.6. The van der Waals surface area contributed by atoms with E-state index in [4.69, 9.17) is 9.84 Å². The van der Waals surface area contributed by atoms with Gasteiger partial charge in [0.25, 0.3) is 0 Å². The monoisotopic (exact) mass is 281 g/mol. The summed E-state index contributed by atoms with van der Waals surface area (Å²) in [7, 11) is -1.85. The van der Waals surface area contributed by atoms with Crippen LogP contribution in [0.1, 0.15) is 33.1 Å². The van der Waals surface area contributed by atoms with Crippen molar-refractivity contribution in [1.82, 2.24) is 4.72 Å². The molecule has 2 atom stereocenters. The van der Waals surface area contributed by atoms with E-state index in [1.54, 1.807) is 13.8 Å². The Bertz CT molecular complexity index is 341. The fourth-order valence-electron chi connectivity index (χ4n) is 1.47. The third-order valence-corrected chi connectivity index (χ3v) is 4.10. The Balaban J connectivity index is 3.90. The van der Waals surface area contributed by atoms with E-state index in [9.17, 15) is 13.2 Å². The van der Waals surface area contributed by atoms with Crippen molar-refractivity contribution in [2.45, 2.75) is 39.2 Å². The molecule has 0 bridgehead atoms. The van der Waals surface area contributed by atoms with Crippen LogP contribution in [0.3, 0.4) is 0 Å². The van der Waals surface area contributed by atoms with Crippen LogP contribution in [0.4, 0.5) is 0 Å². The molecule has 108 valence electrons. The highest BCUT2D eigenvalue weighted by Gasteiger charge is 2.15. The molecule has 0 saturated heterocycles. The number of carboxylic acids is 1. The van der Waals surface area contributed by atoms with Gasteiger partial charge >= 0.3 is 5.97 Å². The standard InChI is InChI=1S/C11H23NO5S/c1-9(11(13)14)5-4-6-10(2)12-18(15,16)8-7-17-3/h9-10,12H,4-8H2,1-3H3,(H,13,14). The summed E-state index contributed by atoms with van der Waals surface area (Å²) in [5, 5.41) is 8.71. The zero-order chi connectivity index (χ0) is 14.2. The Morgan fingerprint density at radius 1 is 1.33 bits per heavy atom. The van der Waals surface area contributed by atoms with Gasteiger partial charge in [0.15, 0.2) is 0 Å². The summed E-state index contributed by atoms with van der Waals surface area (Å²) in [5.74, 6) is -1.26. The quantitative estimate of drug-likeness (QED) is 0.619. The van der Waals surface area contributed by atoms with Crippen molar-refractivity contribution in [1.29, 1.82) is 0 Å². The Labute approximate surface area is 109 Å². The number of sulfonamides is 1. The maximum Gasteiger partial charge on any atom is 0.306 e. The van der Waals surface area contributed by atoms with Crippen LogP contribution >= 0.6 is 0 Å². The first kappa shape index (κ1) is 17.3. The van der Waals surface area contributed by atoms with Crippen LogP contribution in [-0.2, 0) is 19.6 Å². The molecule has 0 aliphatic carbocycles. The van der Waals surface area contributed by atoms with E-state index >= 15 is 0 Å². The van der Waals surface area contributed by atoms with Crippen molar-refractivity contribution in [2.24, 2.45) is 5.92 Å².